The normalized spacial score (nSPS) is 18.3. The minimum absolute atomic E-state index is 0.477. The molecule has 21 heavy (non-hydrogen) atoms. The van der Waals surface area contributed by atoms with Gasteiger partial charge in [-0.1, -0.05) is 35.9 Å². The fourth-order valence-corrected chi connectivity index (χ4v) is 3.52. The van der Waals surface area contributed by atoms with Gasteiger partial charge in [-0.3, -0.25) is 0 Å². The molecule has 2 aromatic rings. The van der Waals surface area contributed by atoms with Crippen molar-refractivity contribution >= 4 is 5.69 Å². The van der Waals surface area contributed by atoms with Crippen molar-refractivity contribution < 1.29 is 0 Å². The predicted molar refractivity (Wildman–Crippen MR) is 88.7 cm³/mol. The molecule has 2 aliphatic rings. The first kappa shape index (κ1) is 12.9. The first-order valence-corrected chi connectivity index (χ1v) is 8.24. The highest BCUT2D eigenvalue weighted by Gasteiger charge is 2.32. The maximum atomic E-state index is 3.81. The van der Waals surface area contributed by atoms with Crippen LogP contribution in [0.4, 0.5) is 5.69 Å². The Morgan fingerprint density at radius 1 is 0.952 bits per heavy atom. The molecule has 0 amide bonds. The lowest BCUT2D eigenvalue weighted by atomic mass is 10.00. The quantitative estimate of drug-likeness (QED) is 0.825. The third-order valence-electron chi connectivity index (χ3n) is 4.95. The van der Waals surface area contributed by atoms with Crippen LogP contribution in [-0.4, -0.2) is 0 Å². The van der Waals surface area contributed by atoms with E-state index in [0.29, 0.717) is 6.04 Å². The monoisotopic (exact) mass is 277 g/mol. The van der Waals surface area contributed by atoms with E-state index in [0.717, 1.165) is 5.92 Å². The van der Waals surface area contributed by atoms with Gasteiger partial charge in [-0.2, -0.15) is 0 Å². The molecule has 0 saturated heterocycles. The molecule has 2 aliphatic carbocycles. The third kappa shape index (κ3) is 2.70. The SMILES string of the molecule is Cc1ccc(C(Nc2ccc3c(c2)CCC3)C2CC2)cc1. The highest BCUT2D eigenvalue weighted by atomic mass is 14.9. The second-order valence-electron chi connectivity index (χ2n) is 6.71. The summed E-state index contributed by atoms with van der Waals surface area (Å²) in [6, 6.07) is 16.5. The number of rotatable bonds is 4. The van der Waals surface area contributed by atoms with Crippen molar-refractivity contribution in [3.05, 3.63) is 64.7 Å². The number of hydrogen-bond donors (Lipinski definition) is 1. The fraction of sp³-hybridized carbons (Fsp3) is 0.400. The molecule has 1 unspecified atom stereocenters. The third-order valence-corrected chi connectivity index (χ3v) is 4.95. The highest BCUT2D eigenvalue weighted by molar-refractivity contribution is 5.52. The molecule has 0 aliphatic heterocycles. The largest absolute Gasteiger partial charge is 0.378 e. The predicted octanol–water partition coefficient (Wildman–Crippen LogP) is 5.05. The number of nitrogens with one attached hydrogen (secondary N) is 1. The number of fused-ring (bicyclic) bond motifs is 1. The molecule has 108 valence electrons. The minimum Gasteiger partial charge on any atom is -0.378 e. The van der Waals surface area contributed by atoms with Crippen LogP contribution in [0.2, 0.25) is 0 Å². The van der Waals surface area contributed by atoms with Gasteiger partial charge in [0, 0.05) is 5.69 Å². The Kier molecular flexibility index (Phi) is 3.21. The van der Waals surface area contributed by atoms with E-state index in [1.165, 1.54) is 48.9 Å². The van der Waals surface area contributed by atoms with Crippen molar-refractivity contribution in [1.82, 2.24) is 0 Å². The molecule has 0 aromatic heterocycles. The summed E-state index contributed by atoms with van der Waals surface area (Å²) in [6.07, 6.45) is 6.55. The molecule has 0 bridgehead atoms. The van der Waals surface area contributed by atoms with E-state index in [4.69, 9.17) is 0 Å². The van der Waals surface area contributed by atoms with Gasteiger partial charge >= 0.3 is 0 Å². The van der Waals surface area contributed by atoms with E-state index in [1.54, 1.807) is 11.1 Å². The van der Waals surface area contributed by atoms with Crippen molar-refractivity contribution in [3.63, 3.8) is 0 Å². The van der Waals surface area contributed by atoms with E-state index < -0.39 is 0 Å². The molecule has 2 aromatic carbocycles. The lowest BCUT2D eigenvalue weighted by molar-refractivity contribution is 0.679. The van der Waals surface area contributed by atoms with Gasteiger partial charge in [0.15, 0.2) is 0 Å². The summed E-state index contributed by atoms with van der Waals surface area (Å²) in [5, 5.41) is 3.81. The van der Waals surface area contributed by atoms with Crippen LogP contribution in [0.3, 0.4) is 0 Å². The zero-order chi connectivity index (χ0) is 14.2. The van der Waals surface area contributed by atoms with Gasteiger partial charge in [-0.05, 0) is 73.8 Å². The fourth-order valence-electron chi connectivity index (χ4n) is 3.52. The molecule has 1 atom stereocenters. The summed E-state index contributed by atoms with van der Waals surface area (Å²) in [6.45, 7) is 2.16. The molecule has 0 radical (unpaired) electrons. The van der Waals surface area contributed by atoms with Crippen LogP contribution < -0.4 is 5.32 Å². The summed E-state index contributed by atoms with van der Waals surface area (Å²) in [4.78, 5) is 0. The zero-order valence-electron chi connectivity index (χ0n) is 12.7. The van der Waals surface area contributed by atoms with Crippen molar-refractivity contribution in [3.8, 4) is 0 Å². The van der Waals surface area contributed by atoms with E-state index in [9.17, 15) is 0 Å². The number of aryl methyl sites for hydroxylation is 3. The van der Waals surface area contributed by atoms with Crippen molar-refractivity contribution in [2.75, 3.05) is 5.32 Å². The lowest BCUT2D eigenvalue weighted by Gasteiger charge is -2.21. The van der Waals surface area contributed by atoms with E-state index in [-0.39, 0.29) is 0 Å². The Morgan fingerprint density at radius 2 is 1.71 bits per heavy atom. The van der Waals surface area contributed by atoms with Crippen LogP contribution >= 0.6 is 0 Å². The number of hydrogen-bond acceptors (Lipinski definition) is 1. The molecule has 1 N–H and O–H groups in total. The van der Waals surface area contributed by atoms with Crippen LogP contribution in [0, 0.1) is 12.8 Å². The van der Waals surface area contributed by atoms with E-state index >= 15 is 0 Å². The highest BCUT2D eigenvalue weighted by Crippen LogP contribution is 2.43. The lowest BCUT2D eigenvalue weighted by Crippen LogP contribution is -2.13. The molecule has 0 spiro atoms. The smallest absolute Gasteiger partial charge is 0.0542 e. The van der Waals surface area contributed by atoms with E-state index in [2.05, 4.69) is 54.7 Å². The second kappa shape index (κ2) is 5.22. The van der Waals surface area contributed by atoms with Crippen LogP contribution in [0.25, 0.3) is 0 Å². The van der Waals surface area contributed by atoms with Crippen molar-refractivity contribution in [1.29, 1.82) is 0 Å². The van der Waals surface area contributed by atoms with Crippen LogP contribution in [0.1, 0.15) is 47.6 Å². The van der Waals surface area contributed by atoms with Gasteiger partial charge < -0.3 is 5.32 Å². The van der Waals surface area contributed by atoms with Crippen molar-refractivity contribution in [2.45, 2.75) is 45.1 Å². The number of benzene rings is 2. The maximum absolute atomic E-state index is 3.81. The topological polar surface area (TPSA) is 12.0 Å². The van der Waals surface area contributed by atoms with Gasteiger partial charge in [0.1, 0.15) is 0 Å². The Morgan fingerprint density at radius 3 is 2.48 bits per heavy atom. The summed E-state index contributed by atoms with van der Waals surface area (Å²) in [5.74, 6) is 0.806. The van der Waals surface area contributed by atoms with Gasteiger partial charge in [-0.15, -0.1) is 0 Å². The Hall–Kier alpha value is -1.76. The molecule has 1 saturated carbocycles. The number of anilines is 1. The average molecular weight is 277 g/mol. The van der Waals surface area contributed by atoms with Crippen LogP contribution in [-0.2, 0) is 12.8 Å². The zero-order valence-corrected chi connectivity index (χ0v) is 12.7. The molecule has 0 heterocycles. The molecular formula is C20H23N. The first-order chi connectivity index (χ1) is 10.3. The van der Waals surface area contributed by atoms with Crippen molar-refractivity contribution in [2.24, 2.45) is 5.92 Å². The van der Waals surface area contributed by atoms with Crippen LogP contribution in [0.5, 0.6) is 0 Å². The summed E-state index contributed by atoms with van der Waals surface area (Å²) in [7, 11) is 0. The minimum atomic E-state index is 0.477. The Balaban J connectivity index is 1.59. The summed E-state index contributed by atoms with van der Waals surface area (Å²) in [5.41, 5.74) is 7.18. The molecule has 4 rings (SSSR count). The molecule has 1 nitrogen and oxygen atoms in total. The average Bonchev–Trinajstić information content (AvgIpc) is 3.23. The van der Waals surface area contributed by atoms with Gasteiger partial charge in [0.25, 0.3) is 0 Å². The Labute approximate surface area is 127 Å². The summed E-state index contributed by atoms with van der Waals surface area (Å²) >= 11 is 0. The van der Waals surface area contributed by atoms with Gasteiger partial charge in [-0.25, -0.2) is 0 Å². The van der Waals surface area contributed by atoms with Gasteiger partial charge in [0.2, 0.25) is 0 Å². The van der Waals surface area contributed by atoms with E-state index in [1.807, 2.05) is 0 Å². The first-order valence-electron chi connectivity index (χ1n) is 8.24. The molecular weight excluding hydrogens is 254 g/mol. The van der Waals surface area contributed by atoms with Gasteiger partial charge in [0.05, 0.1) is 6.04 Å². The molecule has 1 fully saturated rings. The summed E-state index contributed by atoms with van der Waals surface area (Å²) < 4.78 is 0. The second-order valence-corrected chi connectivity index (χ2v) is 6.71. The molecule has 1 heteroatoms. The van der Waals surface area contributed by atoms with Crippen LogP contribution in [0.15, 0.2) is 42.5 Å². The Bertz CT molecular complexity index is 637. The maximum Gasteiger partial charge on any atom is 0.0542 e. The standard InChI is InChI=1S/C20H23N/c1-14-5-7-16(8-6-14)20(17-9-10-17)21-19-12-11-15-3-2-4-18(15)13-19/h5-8,11-13,17,20-21H,2-4,9-10H2,1H3.